The van der Waals surface area contributed by atoms with Gasteiger partial charge in [0.05, 0.1) is 24.5 Å². The zero-order valence-corrected chi connectivity index (χ0v) is 15.1. The van der Waals surface area contributed by atoms with Crippen molar-refractivity contribution in [1.82, 2.24) is 20.6 Å². The summed E-state index contributed by atoms with van der Waals surface area (Å²) in [5.41, 5.74) is 0.987. The van der Waals surface area contributed by atoms with E-state index in [0.717, 1.165) is 0 Å². The van der Waals surface area contributed by atoms with Crippen LogP contribution in [0.15, 0.2) is 23.1 Å². The average molecular weight is 393 g/mol. The third kappa shape index (κ3) is 3.42. The smallest absolute Gasteiger partial charge is 0.240 e. The van der Waals surface area contributed by atoms with E-state index in [4.69, 9.17) is 9.15 Å². The third-order valence-corrected chi connectivity index (χ3v) is 5.20. The average Bonchev–Trinajstić information content (AvgIpc) is 3.32. The van der Waals surface area contributed by atoms with Gasteiger partial charge in [-0.2, -0.15) is 0 Å². The van der Waals surface area contributed by atoms with Crippen LogP contribution in [0, 0.1) is 0 Å². The summed E-state index contributed by atoms with van der Waals surface area (Å²) in [7, 11) is 0. The maximum absolute atomic E-state index is 12.4. The van der Waals surface area contributed by atoms with Gasteiger partial charge in [-0.15, -0.1) is 0 Å². The van der Waals surface area contributed by atoms with E-state index in [2.05, 4.69) is 25.9 Å². The van der Waals surface area contributed by atoms with Gasteiger partial charge in [0.15, 0.2) is 17.6 Å². The molecular weight excluding hydrogens is 370 g/mol. The number of nitrogens with zero attached hydrogens (tertiary/aromatic N) is 2. The maximum Gasteiger partial charge on any atom is 0.240 e. The summed E-state index contributed by atoms with van der Waals surface area (Å²) in [6, 6.07) is 0.0827. The number of nitrogens with one attached hydrogen (secondary N) is 3. The molecule has 2 saturated heterocycles. The molecule has 0 unspecified atom stereocenters. The molecule has 152 valence electrons. The van der Waals surface area contributed by atoms with Crippen LogP contribution in [-0.4, -0.2) is 80.5 Å². The van der Waals surface area contributed by atoms with Crippen molar-refractivity contribution in [1.29, 1.82) is 0 Å². The van der Waals surface area contributed by atoms with Gasteiger partial charge in [0.25, 0.3) is 0 Å². The first-order valence-electron chi connectivity index (χ1n) is 9.14. The van der Waals surface area contributed by atoms with E-state index in [9.17, 15) is 20.1 Å². The fourth-order valence-corrected chi connectivity index (χ4v) is 3.62. The topological polar surface area (TPSA) is 162 Å². The van der Waals surface area contributed by atoms with E-state index >= 15 is 0 Å². The van der Waals surface area contributed by atoms with Gasteiger partial charge in [-0.1, -0.05) is 0 Å². The summed E-state index contributed by atoms with van der Waals surface area (Å²) in [6.45, 7) is 2.21. The standard InChI is InChI=1S/C17H23N5O6/c1-7-10(21-16(26)11-9(23)2-4-18-11)12(24)13(25)17(28-7)22-15-14-8(3-5-27-14)19-6-20-15/h3,5-7,9-13,17-18,23-25H,2,4H2,1H3,(H,21,26)(H,19,20,22)/t7-,9-,10-,11+,12+,13-,17-/m0/s1. The molecule has 2 aromatic rings. The Balaban J connectivity index is 1.45. The highest BCUT2D eigenvalue weighted by Crippen LogP contribution is 2.26. The number of ether oxygens (including phenoxy) is 1. The zero-order valence-electron chi connectivity index (χ0n) is 15.1. The van der Waals surface area contributed by atoms with Crippen molar-refractivity contribution in [3.63, 3.8) is 0 Å². The predicted molar refractivity (Wildman–Crippen MR) is 96.1 cm³/mol. The van der Waals surface area contributed by atoms with Gasteiger partial charge in [0, 0.05) is 6.07 Å². The molecular formula is C17H23N5O6. The molecule has 11 heteroatoms. The van der Waals surface area contributed by atoms with E-state index in [1.807, 2.05) is 0 Å². The fraction of sp³-hybridized carbons (Fsp3) is 0.588. The van der Waals surface area contributed by atoms with Gasteiger partial charge >= 0.3 is 0 Å². The van der Waals surface area contributed by atoms with Gasteiger partial charge in [0.2, 0.25) is 5.91 Å². The Hall–Kier alpha value is -2.31. The molecule has 0 radical (unpaired) electrons. The van der Waals surface area contributed by atoms with Crippen LogP contribution in [-0.2, 0) is 9.53 Å². The number of fused-ring (bicyclic) bond motifs is 1. The van der Waals surface area contributed by atoms with Gasteiger partial charge in [-0.05, 0) is 19.9 Å². The van der Waals surface area contributed by atoms with Crippen LogP contribution in [0.1, 0.15) is 13.3 Å². The van der Waals surface area contributed by atoms with Crippen LogP contribution < -0.4 is 16.0 Å². The number of aromatic nitrogens is 2. The number of rotatable bonds is 4. The minimum Gasteiger partial charge on any atom is -0.459 e. The van der Waals surface area contributed by atoms with E-state index in [-0.39, 0.29) is 0 Å². The molecule has 2 aliphatic rings. The second kappa shape index (κ2) is 7.60. The highest BCUT2D eigenvalue weighted by atomic mass is 16.5. The molecule has 28 heavy (non-hydrogen) atoms. The van der Waals surface area contributed by atoms with E-state index in [1.54, 1.807) is 13.0 Å². The second-order valence-electron chi connectivity index (χ2n) is 7.07. The second-order valence-corrected chi connectivity index (χ2v) is 7.07. The fourth-order valence-electron chi connectivity index (χ4n) is 3.62. The lowest BCUT2D eigenvalue weighted by atomic mass is 9.95. The SMILES string of the molecule is C[C@@H]1O[C@H](Nc2ncnc3ccoc23)[C@@H](O)[C@H](O)[C@H]1NC(=O)[C@@H]1NCC[C@@H]1O. The number of hydrogen-bond acceptors (Lipinski definition) is 10. The first-order chi connectivity index (χ1) is 13.5. The number of furan rings is 1. The van der Waals surface area contributed by atoms with Crippen LogP contribution in [0.25, 0.3) is 11.1 Å². The lowest BCUT2D eigenvalue weighted by molar-refractivity contribution is -0.173. The molecule has 0 saturated carbocycles. The summed E-state index contributed by atoms with van der Waals surface area (Å²) in [6.07, 6.45) is -1.73. The van der Waals surface area contributed by atoms with Crippen LogP contribution in [0.4, 0.5) is 5.82 Å². The number of amides is 1. The molecule has 0 bridgehead atoms. The molecule has 2 aromatic heterocycles. The first-order valence-corrected chi connectivity index (χ1v) is 9.14. The molecule has 4 heterocycles. The Morgan fingerprint density at radius 2 is 2.11 bits per heavy atom. The predicted octanol–water partition coefficient (Wildman–Crippen LogP) is -1.69. The van der Waals surface area contributed by atoms with Crippen molar-refractivity contribution < 1.29 is 29.3 Å². The van der Waals surface area contributed by atoms with Crippen molar-refractivity contribution in [3.8, 4) is 0 Å². The first kappa shape index (κ1) is 19.0. The maximum atomic E-state index is 12.4. The summed E-state index contributed by atoms with van der Waals surface area (Å²) < 4.78 is 11.1. The quantitative estimate of drug-likeness (QED) is 0.353. The van der Waals surface area contributed by atoms with Crippen molar-refractivity contribution >= 4 is 22.8 Å². The number of aliphatic hydroxyl groups excluding tert-OH is 3. The molecule has 1 amide bonds. The van der Waals surface area contributed by atoms with Gasteiger partial charge < -0.3 is 40.4 Å². The van der Waals surface area contributed by atoms with Gasteiger partial charge in [-0.25, -0.2) is 9.97 Å². The van der Waals surface area contributed by atoms with E-state index in [0.29, 0.717) is 29.9 Å². The molecule has 7 atom stereocenters. The molecule has 0 aromatic carbocycles. The Labute approximate surface area is 160 Å². The van der Waals surface area contributed by atoms with Crippen molar-refractivity contribution in [2.75, 3.05) is 11.9 Å². The molecule has 2 aliphatic heterocycles. The number of hydrogen-bond donors (Lipinski definition) is 6. The number of anilines is 1. The van der Waals surface area contributed by atoms with Crippen molar-refractivity contribution in [3.05, 3.63) is 18.7 Å². The Morgan fingerprint density at radius 3 is 2.86 bits per heavy atom. The lowest BCUT2D eigenvalue weighted by Gasteiger charge is -2.42. The normalized spacial score (nSPS) is 35.8. The van der Waals surface area contributed by atoms with Gasteiger partial charge in [0.1, 0.15) is 30.1 Å². The minimum atomic E-state index is -1.34. The van der Waals surface area contributed by atoms with Crippen LogP contribution in [0.3, 0.4) is 0 Å². The molecule has 11 nitrogen and oxygen atoms in total. The highest BCUT2D eigenvalue weighted by molar-refractivity contribution is 5.83. The third-order valence-electron chi connectivity index (χ3n) is 5.20. The molecule has 0 spiro atoms. The summed E-state index contributed by atoms with van der Waals surface area (Å²) in [5.74, 6) is -0.129. The summed E-state index contributed by atoms with van der Waals surface area (Å²) in [5, 5.41) is 39.4. The Morgan fingerprint density at radius 1 is 1.29 bits per heavy atom. The lowest BCUT2D eigenvalue weighted by Crippen LogP contribution is -2.65. The van der Waals surface area contributed by atoms with Crippen LogP contribution in [0.5, 0.6) is 0 Å². The van der Waals surface area contributed by atoms with Crippen LogP contribution in [0.2, 0.25) is 0 Å². The number of aliphatic hydroxyl groups is 3. The molecule has 2 fully saturated rings. The van der Waals surface area contributed by atoms with Crippen molar-refractivity contribution in [2.45, 2.75) is 56.1 Å². The molecule has 6 N–H and O–H groups in total. The van der Waals surface area contributed by atoms with E-state index < -0.39 is 48.6 Å². The summed E-state index contributed by atoms with van der Waals surface area (Å²) in [4.78, 5) is 20.5. The number of carbonyl (C=O) groups excluding carboxylic acids is 1. The van der Waals surface area contributed by atoms with Crippen LogP contribution >= 0.6 is 0 Å². The highest BCUT2D eigenvalue weighted by Gasteiger charge is 2.45. The van der Waals surface area contributed by atoms with Gasteiger partial charge in [-0.3, -0.25) is 4.79 Å². The largest absolute Gasteiger partial charge is 0.459 e. The Bertz CT molecular complexity index is 846. The minimum absolute atomic E-state index is 0.319. The summed E-state index contributed by atoms with van der Waals surface area (Å²) >= 11 is 0. The number of carbonyl (C=O) groups is 1. The van der Waals surface area contributed by atoms with Crippen molar-refractivity contribution in [2.24, 2.45) is 0 Å². The monoisotopic (exact) mass is 393 g/mol. The van der Waals surface area contributed by atoms with E-state index in [1.165, 1.54) is 12.6 Å². The Kier molecular flexibility index (Phi) is 5.17. The zero-order chi connectivity index (χ0) is 19.8. The molecule has 0 aliphatic carbocycles. The molecule has 4 rings (SSSR count).